The zero-order valence-electron chi connectivity index (χ0n) is 16.1. The number of carbonyl (C=O) groups excluding carboxylic acids is 1. The van der Waals surface area contributed by atoms with E-state index in [1.165, 1.54) is 11.1 Å². The zero-order valence-corrected chi connectivity index (χ0v) is 16.1. The van der Waals surface area contributed by atoms with Crippen molar-refractivity contribution < 1.29 is 14.6 Å². The molecule has 5 heteroatoms. The Morgan fingerprint density at radius 2 is 1.89 bits per heavy atom. The Labute approximate surface area is 165 Å². The summed E-state index contributed by atoms with van der Waals surface area (Å²) in [6, 6.07) is 16.7. The minimum Gasteiger partial charge on any atom is -0.497 e. The Morgan fingerprint density at radius 3 is 2.57 bits per heavy atom. The maximum Gasteiger partial charge on any atom is 0.230 e. The van der Waals surface area contributed by atoms with E-state index in [4.69, 9.17) is 4.74 Å². The molecular weight excluding hydrogens is 352 g/mol. The van der Waals surface area contributed by atoms with Gasteiger partial charge >= 0.3 is 0 Å². The van der Waals surface area contributed by atoms with E-state index in [1.807, 2.05) is 29.2 Å². The number of para-hydroxylation sites is 1. The third-order valence-electron chi connectivity index (χ3n) is 6.54. The predicted octanol–water partition coefficient (Wildman–Crippen LogP) is 2.78. The largest absolute Gasteiger partial charge is 0.497 e. The Balaban J connectivity index is 1.43. The van der Waals surface area contributed by atoms with Gasteiger partial charge in [-0.15, -0.1) is 0 Å². The van der Waals surface area contributed by atoms with Crippen LogP contribution in [0.4, 0.5) is 5.69 Å². The third-order valence-corrected chi connectivity index (χ3v) is 6.54. The van der Waals surface area contributed by atoms with Crippen LogP contribution in [-0.2, 0) is 11.3 Å². The smallest absolute Gasteiger partial charge is 0.230 e. The van der Waals surface area contributed by atoms with Gasteiger partial charge in [0.05, 0.1) is 13.7 Å². The number of hydrogen-bond acceptors (Lipinski definition) is 4. The molecule has 0 unspecified atom stereocenters. The predicted molar refractivity (Wildman–Crippen MR) is 107 cm³/mol. The van der Waals surface area contributed by atoms with E-state index in [9.17, 15) is 9.90 Å². The van der Waals surface area contributed by atoms with Gasteiger partial charge < -0.3 is 14.7 Å². The van der Waals surface area contributed by atoms with Gasteiger partial charge in [0.25, 0.3) is 0 Å². The van der Waals surface area contributed by atoms with Gasteiger partial charge in [0, 0.05) is 42.7 Å². The summed E-state index contributed by atoms with van der Waals surface area (Å²) in [5.41, 5.74) is 3.44. The van der Waals surface area contributed by atoms with Crippen molar-refractivity contribution in [2.24, 2.45) is 5.92 Å². The van der Waals surface area contributed by atoms with Crippen LogP contribution in [0.15, 0.2) is 48.5 Å². The minimum absolute atomic E-state index is 0.0893. The number of likely N-dealkylation sites (tertiary alicyclic amines) is 1. The number of nitrogens with zero attached hydrogens (tertiary/aromatic N) is 2. The van der Waals surface area contributed by atoms with Gasteiger partial charge in [0.2, 0.25) is 5.91 Å². The summed E-state index contributed by atoms with van der Waals surface area (Å²) >= 11 is 0. The number of amides is 1. The standard InChI is InChI=1S/C23H26N2O3/c1-28-17-10-6-15(7-11-17)12-24-20-13-25(23(27)16-8-9-16)19-5-3-2-4-18(19)22(20)21(24)14-26/h2-7,10-11,16,20-22,26H,8-9,12-14H2,1H3/t20-,21+,22+/m0/s1. The summed E-state index contributed by atoms with van der Waals surface area (Å²) < 4.78 is 5.25. The van der Waals surface area contributed by atoms with Gasteiger partial charge in [-0.05, 0) is 42.2 Å². The monoisotopic (exact) mass is 378 g/mol. The number of ether oxygens (including phenoxy) is 1. The second kappa shape index (κ2) is 6.90. The lowest BCUT2D eigenvalue weighted by molar-refractivity contribution is -0.121. The topological polar surface area (TPSA) is 53.0 Å². The second-order valence-electron chi connectivity index (χ2n) is 8.15. The van der Waals surface area contributed by atoms with Crippen LogP contribution in [0, 0.1) is 5.92 Å². The molecule has 2 heterocycles. The number of fused-ring (bicyclic) bond motifs is 3. The Hall–Kier alpha value is -2.37. The van der Waals surface area contributed by atoms with Crippen LogP contribution in [0.3, 0.4) is 0 Å². The first-order valence-corrected chi connectivity index (χ1v) is 10.1. The number of aliphatic hydroxyl groups excluding tert-OH is 1. The van der Waals surface area contributed by atoms with Crippen LogP contribution in [0.25, 0.3) is 0 Å². The van der Waals surface area contributed by atoms with E-state index in [2.05, 4.69) is 29.2 Å². The molecule has 5 nitrogen and oxygen atoms in total. The average molecular weight is 378 g/mol. The maximum absolute atomic E-state index is 12.9. The second-order valence-corrected chi connectivity index (χ2v) is 8.15. The summed E-state index contributed by atoms with van der Waals surface area (Å²) in [5.74, 6) is 1.59. The molecule has 2 aromatic rings. The van der Waals surface area contributed by atoms with Crippen molar-refractivity contribution >= 4 is 11.6 Å². The van der Waals surface area contributed by atoms with Crippen LogP contribution in [0.5, 0.6) is 5.75 Å². The van der Waals surface area contributed by atoms with Gasteiger partial charge in [-0.25, -0.2) is 0 Å². The SMILES string of the molecule is COc1ccc(CN2[C@H](CO)[C@@H]3c4ccccc4N(C(=O)C4CC4)C[C@@H]32)cc1. The first kappa shape index (κ1) is 17.7. The normalized spacial score (nSPS) is 26.2. The van der Waals surface area contributed by atoms with Gasteiger partial charge in [0.1, 0.15) is 5.75 Å². The summed E-state index contributed by atoms with van der Waals surface area (Å²) in [5, 5.41) is 10.1. The molecule has 2 aromatic carbocycles. The summed E-state index contributed by atoms with van der Waals surface area (Å²) in [6.07, 6.45) is 2.03. The fraction of sp³-hybridized carbons (Fsp3) is 0.435. The van der Waals surface area contributed by atoms with E-state index < -0.39 is 0 Å². The summed E-state index contributed by atoms with van der Waals surface area (Å²) in [6.45, 7) is 1.61. The van der Waals surface area contributed by atoms with Crippen LogP contribution >= 0.6 is 0 Å². The maximum atomic E-state index is 12.9. The molecular formula is C23H26N2O3. The average Bonchev–Trinajstić information content (AvgIpc) is 3.57. The van der Waals surface area contributed by atoms with Gasteiger partial charge in [0.15, 0.2) is 0 Å². The molecule has 3 atom stereocenters. The number of benzene rings is 2. The highest BCUT2D eigenvalue weighted by Crippen LogP contribution is 2.49. The summed E-state index contributed by atoms with van der Waals surface area (Å²) in [4.78, 5) is 17.3. The Morgan fingerprint density at radius 1 is 1.14 bits per heavy atom. The molecule has 1 N–H and O–H groups in total. The molecule has 2 fully saturated rings. The van der Waals surface area contributed by atoms with Crippen LogP contribution in [0.2, 0.25) is 0 Å². The molecule has 0 bridgehead atoms. The van der Waals surface area contributed by atoms with Crippen molar-refractivity contribution in [2.75, 3.05) is 25.2 Å². The van der Waals surface area contributed by atoms with E-state index in [0.717, 1.165) is 30.8 Å². The molecule has 28 heavy (non-hydrogen) atoms. The Bertz CT molecular complexity index is 878. The van der Waals surface area contributed by atoms with Crippen molar-refractivity contribution in [3.05, 3.63) is 59.7 Å². The highest BCUT2D eigenvalue weighted by molar-refractivity contribution is 5.98. The number of methoxy groups -OCH3 is 1. The molecule has 1 saturated carbocycles. The molecule has 1 amide bonds. The van der Waals surface area contributed by atoms with Crippen molar-refractivity contribution in [1.82, 2.24) is 4.90 Å². The quantitative estimate of drug-likeness (QED) is 0.869. The zero-order chi connectivity index (χ0) is 19.3. The summed E-state index contributed by atoms with van der Waals surface area (Å²) in [7, 11) is 1.67. The van der Waals surface area contributed by atoms with Gasteiger partial charge in [-0.1, -0.05) is 30.3 Å². The molecule has 0 radical (unpaired) electrons. The minimum atomic E-state index is 0.0893. The lowest BCUT2D eigenvalue weighted by Crippen LogP contribution is -2.68. The molecule has 1 aliphatic carbocycles. The van der Waals surface area contributed by atoms with Gasteiger partial charge in [-0.3, -0.25) is 9.69 Å². The number of rotatable bonds is 5. The van der Waals surface area contributed by atoms with E-state index in [-0.39, 0.29) is 36.4 Å². The number of hydrogen-bond donors (Lipinski definition) is 1. The van der Waals surface area contributed by atoms with Crippen LogP contribution in [0.1, 0.15) is 29.9 Å². The third kappa shape index (κ3) is 2.81. The van der Waals surface area contributed by atoms with Crippen LogP contribution in [-0.4, -0.2) is 48.3 Å². The molecule has 0 spiro atoms. The highest BCUT2D eigenvalue weighted by atomic mass is 16.5. The molecule has 0 aromatic heterocycles. The molecule has 5 rings (SSSR count). The van der Waals surface area contributed by atoms with Crippen molar-refractivity contribution in [2.45, 2.75) is 37.4 Å². The van der Waals surface area contributed by atoms with E-state index >= 15 is 0 Å². The first-order valence-electron chi connectivity index (χ1n) is 10.1. The van der Waals surface area contributed by atoms with Crippen molar-refractivity contribution in [3.63, 3.8) is 0 Å². The lowest BCUT2D eigenvalue weighted by Gasteiger charge is -2.59. The van der Waals surface area contributed by atoms with Crippen LogP contribution < -0.4 is 9.64 Å². The van der Waals surface area contributed by atoms with Crippen molar-refractivity contribution in [1.29, 1.82) is 0 Å². The number of carbonyl (C=O) groups is 1. The fourth-order valence-corrected chi connectivity index (χ4v) is 4.90. The molecule has 1 saturated heterocycles. The Kier molecular flexibility index (Phi) is 4.37. The van der Waals surface area contributed by atoms with E-state index in [0.29, 0.717) is 6.54 Å². The van der Waals surface area contributed by atoms with E-state index in [1.54, 1.807) is 7.11 Å². The first-order chi connectivity index (χ1) is 13.7. The molecule has 2 aliphatic heterocycles. The number of aliphatic hydroxyl groups is 1. The lowest BCUT2D eigenvalue weighted by atomic mass is 9.71. The molecule has 146 valence electrons. The molecule has 3 aliphatic rings. The van der Waals surface area contributed by atoms with Crippen molar-refractivity contribution in [3.8, 4) is 5.75 Å². The fourth-order valence-electron chi connectivity index (χ4n) is 4.90. The van der Waals surface area contributed by atoms with Gasteiger partial charge in [-0.2, -0.15) is 0 Å². The highest BCUT2D eigenvalue weighted by Gasteiger charge is 2.53. The number of anilines is 1.